The van der Waals surface area contributed by atoms with E-state index in [1.165, 1.54) is 5.57 Å². The molecule has 2 rings (SSSR count). The molecule has 2 heterocycles. The molecule has 1 amide bonds. The summed E-state index contributed by atoms with van der Waals surface area (Å²) >= 11 is 0. The predicted molar refractivity (Wildman–Crippen MR) is 70.6 cm³/mol. The molecule has 6 heteroatoms. The van der Waals surface area contributed by atoms with E-state index in [0.717, 1.165) is 25.2 Å². The van der Waals surface area contributed by atoms with E-state index in [0.29, 0.717) is 26.0 Å². The molecule has 0 aliphatic carbocycles. The van der Waals surface area contributed by atoms with Crippen LogP contribution in [0.1, 0.15) is 26.2 Å². The first kappa shape index (κ1) is 13.7. The number of carbonyl (C=O) groups excluding carboxylic acids is 2. The number of hydrazone groups is 1. The van der Waals surface area contributed by atoms with Gasteiger partial charge in [-0.1, -0.05) is 6.08 Å². The average Bonchev–Trinajstić information content (AvgIpc) is 2.41. The van der Waals surface area contributed by atoms with Crippen LogP contribution >= 0.6 is 0 Å². The molecule has 0 aromatic carbocycles. The van der Waals surface area contributed by atoms with Gasteiger partial charge in [0.05, 0.1) is 18.9 Å². The maximum Gasteiger partial charge on any atom is 0.320 e. The van der Waals surface area contributed by atoms with Gasteiger partial charge in [-0.25, -0.2) is 5.43 Å². The molecule has 19 heavy (non-hydrogen) atoms. The number of nitrogens with zero attached hydrogens (tertiary/aromatic N) is 2. The Bertz CT molecular complexity index is 429. The number of amides is 1. The Balaban J connectivity index is 1.86. The molecule has 0 saturated heterocycles. The van der Waals surface area contributed by atoms with Crippen LogP contribution in [0.3, 0.4) is 0 Å². The Labute approximate surface area is 112 Å². The lowest BCUT2D eigenvalue weighted by Gasteiger charge is -2.26. The summed E-state index contributed by atoms with van der Waals surface area (Å²) in [4.78, 5) is 24.4. The predicted octanol–water partition coefficient (Wildman–Crippen LogP) is 0.448. The van der Waals surface area contributed by atoms with Gasteiger partial charge in [0.25, 0.3) is 0 Å². The summed E-state index contributed by atoms with van der Waals surface area (Å²) in [6.07, 6.45) is 4.14. The highest BCUT2D eigenvalue weighted by Crippen LogP contribution is 2.16. The zero-order valence-electron chi connectivity index (χ0n) is 11.1. The topological polar surface area (TPSA) is 71.0 Å². The lowest BCUT2D eigenvalue weighted by Crippen LogP contribution is -2.36. The van der Waals surface area contributed by atoms with Crippen molar-refractivity contribution in [2.24, 2.45) is 5.10 Å². The Morgan fingerprint density at radius 2 is 2.32 bits per heavy atom. The van der Waals surface area contributed by atoms with Gasteiger partial charge in [-0.15, -0.1) is 0 Å². The fraction of sp³-hybridized carbons (Fsp3) is 0.615. The summed E-state index contributed by atoms with van der Waals surface area (Å²) in [6.45, 7) is 4.10. The van der Waals surface area contributed by atoms with Crippen molar-refractivity contribution in [3.05, 3.63) is 11.6 Å². The van der Waals surface area contributed by atoms with Crippen LogP contribution in [0, 0.1) is 0 Å². The molecule has 0 unspecified atom stereocenters. The third kappa shape index (κ3) is 3.89. The first-order valence-electron chi connectivity index (χ1n) is 6.62. The normalized spacial score (nSPS) is 20.4. The molecule has 0 bridgehead atoms. The van der Waals surface area contributed by atoms with Crippen LogP contribution in [0.15, 0.2) is 16.8 Å². The summed E-state index contributed by atoms with van der Waals surface area (Å²) < 4.78 is 4.93. The molecular weight excluding hydrogens is 246 g/mol. The van der Waals surface area contributed by atoms with Gasteiger partial charge in [-0.3, -0.25) is 14.5 Å². The SMILES string of the molecule is CCOC(=O)CN1CC=C(C2=NNC(=O)CC2)CC1. The number of rotatable bonds is 4. The molecule has 6 nitrogen and oxygen atoms in total. The molecule has 0 aromatic rings. The molecule has 2 aliphatic heterocycles. The highest BCUT2D eigenvalue weighted by molar-refractivity contribution is 6.03. The van der Waals surface area contributed by atoms with Crippen LogP contribution in [0.2, 0.25) is 0 Å². The van der Waals surface area contributed by atoms with E-state index in [4.69, 9.17) is 4.74 Å². The second-order valence-corrected chi connectivity index (χ2v) is 4.61. The summed E-state index contributed by atoms with van der Waals surface area (Å²) in [6, 6.07) is 0. The molecule has 0 aromatic heterocycles. The minimum atomic E-state index is -0.179. The molecule has 0 fully saturated rings. The summed E-state index contributed by atoms with van der Waals surface area (Å²) in [5.41, 5.74) is 4.66. The molecule has 0 radical (unpaired) electrons. The monoisotopic (exact) mass is 265 g/mol. The highest BCUT2D eigenvalue weighted by atomic mass is 16.5. The molecule has 0 saturated carbocycles. The van der Waals surface area contributed by atoms with Gasteiger partial charge in [0.1, 0.15) is 0 Å². The van der Waals surface area contributed by atoms with Gasteiger partial charge in [0.15, 0.2) is 0 Å². The standard InChI is InChI=1S/C13H19N3O3/c1-2-19-13(18)9-16-7-5-10(6-8-16)11-3-4-12(17)15-14-11/h5H,2-4,6-9H2,1H3,(H,15,17). The van der Waals surface area contributed by atoms with E-state index in [1.54, 1.807) is 0 Å². The third-order valence-corrected chi connectivity index (χ3v) is 3.23. The second-order valence-electron chi connectivity index (χ2n) is 4.61. The lowest BCUT2D eigenvalue weighted by atomic mass is 9.99. The Morgan fingerprint density at radius 3 is 2.89 bits per heavy atom. The van der Waals surface area contributed by atoms with E-state index < -0.39 is 0 Å². The van der Waals surface area contributed by atoms with Gasteiger partial charge in [0, 0.05) is 25.9 Å². The minimum absolute atomic E-state index is 0.0240. The summed E-state index contributed by atoms with van der Waals surface area (Å²) in [5.74, 6) is -0.203. The van der Waals surface area contributed by atoms with Gasteiger partial charge in [0.2, 0.25) is 5.91 Å². The van der Waals surface area contributed by atoms with Crippen molar-refractivity contribution in [3.8, 4) is 0 Å². The molecular formula is C13H19N3O3. The number of carbonyl (C=O) groups is 2. The van der Waals surface area contributed by atoms with Crippen molar-refractivity contribution in [2.75, 3.05) is 26.2 Å². The Morgan fingerprint density at radius 1 is 1.47 bits per heavy atom. The number of ether oxygens (including phenoxy) is 1. The first-order valence-corrected chi connectivity index (χ1v) is 6.62. The fourth-order valence-corrected chi connectivity index (χ4v) is 2.21. The van der Waals surface area contributed by atoms with Gasteiger partial charge in [-0.2, -0.15) is 5.10 Å². The van der Waals surface area contributed by atoms with Crippen molar-refractivity contribution >= 4 is 17.6 Å². The average molecular weight is 265 g/mol. The van der Waals surface area contributed by atoms with Crippen molar-refractivity contribution < 1.29 is 14.3 Å². The highest BCUT2D eigenvalue weighted by Gasteiger charge is 2.20. The van der Waals surface area contributed by atoms with Crippen LogP contribution in [0.4, 0.5) is 0 Å². The lowest BCUT2D eigenvalue weighted by molar-refractivity contribution is -0.144. The maximum atomic E-state index is 11.4. The van der Waals surface area contributed by atoms with Crippen molar-refractivity contribution in [3.63, 3.8) is 0 Å². The van der Waals surface area contributed by atoms with Gasteiger partial charge >= 0.3 is 5.97 Å². The van der Waals surface area contributed by atoms with Crippen molar-refractivity contribution in [1.82, 2.24) is 10.3 Å². The number of hydrogen-bond acceptors (Lipinski definition) is 5. The number of nitrogens with one attached hydrogen (secondary N) is 1. The van der Waals surface area contributed by atoms with E-state index in [-0.39, 0.29) is 11.9 Å². The van der Waals surface area contributed by atoms with E-state index in [9.17, 15) is 9.59 Å². The van der Waals surface area contributed by atoms with Crippen molar-refractivity contribution in [1.29, 1.82) is 0 Å². The Hall–Kier alpha value is -1.69. The van der Waals surface area contributed by atoms with E-state index >= 15 is 0 Å². The van der Waals surface area contributed by atoms with Crippen molar-refractivity contribution in [2.45, 2.75) is 26.2 Å². The number of hydrogen-bond donors (Lipinski definition) is 1. The Kier molecular flexibility index (Phi) is 4.68. The van der Waals surface area contributed by atoms with Crippen LogP contribution in [-0.4, -0.2) is 48.7 Å². The summed E-state index contributed by atoms with van der Waals surface area (Å²) in [7, 11) is 0. The first-order chi connectivity index (χ1) is 9.19. The number of esters is 1. The van der Waals surface area contributed by atoms with Gasteiger partial charge in [-0.05, 0) is 18.9 Å². The molecule has 2 aliphatic rings. The second kappa shape index (κ2) is 6.47. The van der Waals surface area contributed by atoms with Crippen LogP contribution < -0.4 is 5.43 Å². The third-order valence-electron chi connectivity index (χ3n) is 3.23. The van der Waals surface area contributed by atoms with E-state index in [1.807, 2.05) is 11.8 Å². The molecule has 0 spiro atoms. The van der Waals surface area contributed by atoms with Gasteiger partial charge < -0.3 is 4.74 Å². The van der Waals surface area contributed by atoms with Crippen LogP contribution in [0.5, 0.6) is 0 Å². The summed E-state index contributed by atoms with van der Waals surface area (Å²) in [5, 5.41) is 4.09. The largest absolute Gasteiger partial charge is 0.465 e. The molecule has 0 atom stereocenters. The maximum absolute atomic E-state index is 11.4. The smallest absolute Gasteiger partial charge is 0.320 e. The fourth-order valence-electron chi connectivity index (χ4n) is 2.21. The van der Waals surface area contributed by atoms with Crippen LogP contribution in [-0.2, 0) is 14.3 Å². The molecule has 104 valence electrons. The van der Waals surface area contributed by atoms with Crippen LogP contribution in [0.25, 0.3) is 0 Å². The zero-order valence-corrected chi connectivity index (χ0v) is 11.1. The zero-order chi connectivity index (χ0) is 13.7. The minimum Gasteiger partial charge on any atom is -0.465 e. The quantitative estimate of drug-likeness (QED) is 0.749. The molecule has 1 N–H and O–H groups in total. The van der Waals surface area contributed by atoms with E-state index in [2.05, 4.69) is 16.6 Å².